The van der Waals surface area contributed by atoms with E-state index < -0.39 is 17.9 Å². The van der Waals surface area contributed by atoms with Gasteiger partial charge in [-0.05, 0) is 42.5 Å². The van der Waals surface area contributed by atoms with Crippen molar-refractivity contribution in [2.24, 2.45) is 0 Å². The predicted octanol–water partition coefficient (Wildman–Crippen LogP) is 2.58. The maximum Gasteiger partial charge on any atom is 0.313 e. The number of amides is 2. The van der Waals surface area contributed by atoms with Crippen molar-refractivity contribution >= 4 is 28.8 Å². The molecule has 0 aliphatic carbocycles. The first-order chi connectivity index (χ1) is 11.0. The third kappa shape index (κ3) is 4.91. The van der Waals surface area contributed by atoms with Crippen LogP contribution in [0.3, 0.4) is 0 Å². The number of thiophene rings is 1. The average Bonchev–Trinajstić information content (AvgIpc) is 3.06. The third-order valence-electron chi connectivity index (χ3n) is 3.35. The van der Waals surface area contributed by atoms with Crippen molar-refractivity contribution in [3.05, 3.63) is 41.8 Å². The van der Waals surface area contributed by atoms with Gasteiger partial charge in [-0.3, -0.25) is 9.59 Å². The standard InChI is InChI=1S/C17H20N2O3S/c1-12(20)8-9-19(2)17(22)16(21)18-14-6-3-5-13(11-14)15-7-4-10-23-15/h3-7,10-12,20H,8-9H2,1-2H3,(H,18,21). The van der Waals surface area contributed by atoms with Gasteiger partial charge >= 0.3 is 11.8 Å². The Bertz CT molecular complexity index is 668. The molecule has 1 aromatic heterocycles. The molecule has 0 aliphatic heterocycles. The highest BCUT2D eigenvalue weighted by Gasteiger charge is 2.19. The van der Waals surface area contributed by atoms with Crippen LogP contribution in [0.5, 0.6) is 0 Å². The summed E-state index contributed by atoms with van der Waals surface area (Å²) in [5.41, 5.74) is 1.57. The monoisotopic (exact) mass is 332 g/mol. The summed E-state index contributed by atoms with van der Waals surface area (Å²) in [6.07, 6.45) is -0.0700. The highest BCUT2D eigenvalue weighted by molar-refractivity contribution is 7.13. The molecule has 2 rings (SSSR count). The average molecular weight is 332 g/mol. The smallest absolute Gasteiger partial charge is 0.313 e. The second-order valence-electron chi connectivity index (χ2n) is 5.38. The van der Waals surface area contributed by atoms with E-state index in [-0.39, 0.29) is 0 Å². The zero-order chi connectivity index (χ0) is 16.8. The topological polar surface area (TPSA) is 69.6 Å². The van der Waals surface area contributed by atoms with E-state index in [4.69, 9.17) is 0 Å². The fraction of sp³-hybridized carbons (Fsp3) is 0.294. The molecule has 1 heterocycles. The molecule has 0 aliphatic rings. The second kappa shape index (κ2) is 7.89. The molecule has 2 N–H and O–H groups in total. The lowest BCUT2D eigenvalue weighted by Crippen LogP contribution is -2.38. The molecular weight excluding hydrogens is 312 g/mol. The van der Waals surface area contributed by atoms with E-state index >= 15 is 0 Å². The lowest BCUT2D eigenvalue weighted by Gasteiger charge is -2.17. The molecule has 0 spiro atoms. The van der Waals surface area contributed by atoms with Gasteiger partial charge in [0.1, 0.15) is 0 Å². The molecule has 0 saturated carbocycles. The van der Waals surface area contributed by atoms with Gasteiger partial charge in [0.25, 0.3) is 0 Å². The molecule has 2 amide bonds. The van der Waals surface area contributed by atoms with Gasteiger partial charge in [0.05, 0.1) is 6.10 Å². The fourth-order valence-electron chi connectivity index (χ4n) is 2.03. The van der Waals surface area contributed by atoms with Crippen molar-refractivity contribution in [1.82, 2.24) is 4.90 Å². The molecular formula is C17H20N2O3S. The van der Waals surface area contributed by atoms with Gasteiger partial charge in [0.15, 0.2) is 0 Å². The molecule has 1 aromatic carbocycles. The summed E-state index contributed by atoms with van der Waals surface area (Å²) < 4.78 is 0. The van der Waals surface area contributed by atoms with Crippen LogP contribution in [0.15, 0.2) is 41.8 Å². The summed E-state index contributed by atoms with van der Waals surface area (Å²) in [4.78, 5) is 26.5. The van der Waals surface area contributed by atoms with Crippen molar-refractivity contribution in [3.8, 4) is 10.4 Å². The van der Waals surface area contributed by atoms with E-state index in [2.05, 4.69) is 5.32 Å². The summed E-state index contributed by atoms with van der Waals surface area (Å²) >= 11 is 1.61. The van der Waals surface area contributed by atoms with Crippen LogP contribution in [0.4, 0.5) is 5.69 Å². The largest absolute Gasteiger partial charge is 0.393 e. The molecule has 2 aromatic rings. The lowest BCUT2D eigenvalue weighted by molar-refractivity contribution is -0.142. The van der Waals surface area contributed by atoms with E-state index in [0.29, 0.717) is 18.7 Å². The summed E-state index contributed by atoms with van der Waals surface area (Å²) in [5, 5.41) is 13.9. The first-order valence-corrected chi connectivity index (χ1v) is 8.24. The number of hydrogen-bond donors (Lipinski definition) is 2. The molecule has 0 bridgehead atoms. The fourth-order valence-corrected chi connectivity index (χ4v) is 2.76. The minimum absolute atomic E-state index is 0.332. The van der Waals surface area contributed by atoms with Crippen molar-refractivity contribution in [2.75, 3.05) is 18.9 Å². The van der Waals surface area contributed by atoms with Gasteiger partial charge in [0, 0.05) is 24.2 Å². The van der Waals surface area contributed by atoms with E-state index in [1.165, 1.54) is 4.90 Å². The van der Waals surface area contributed by atoms with Gasteiger partial charge < -0.3 is 15.3 Å². The highest BCUT2D eigenvalue weighted by Crippen LogP contribution is 2.26. The number of aliphatic hydroxyl groups is 1. The molecule has 5 nitrogen and oxygen atoms in total. The molecule has 1 unspecified atom stereocenters. The molecule has 0 radical (unpaired) electrons. The zero-order valence-electron chi connectivity index (χ0n) is 13.2. The minimum atomic E-state index is -0.679. The normalized spacial score (nSPS) is 11.8. The number of carbonyl (C=O) groups is 2. The first kappa shape index (κ1) is 17.2. The zero-order valence-corrected chi connectivity index (χ0v) is 14.0. The Morgan fingerprint density at radius 3 is 2.74 bits per heavy atom. The van der Waals surface area contributed by atoms with E-state index in [1.54, 1.807) is 31.4 Å². The van der Waals surface area contributed by atoms with E-state index in [1.807, 2.05) is 35.7 Å². The quantitative estimate of drug-likeness (QED) is 0.827. The Morgan fingerprint density at radius 1 is 1.30 bits per heavy atom. The Morgan fingerprint density at radius 2 is 2.09 bits per heavy atom. The van der Waals surface area contributed by atoms with Crippen molar-refractivity contribution in [3.63, 3.8) is 0 Å². The summed E-state index contributed by atoms with van der Waals surface area (Å²) in [7, 11) is 1.55. The molecule has 1 atom stereocenters. The molecule has 0 fully saturated rings. The van der Waals surface area contributed by atoms with Crippen molar-refractivity contribution in [2.45, 2.75) is 19.4 Å². The SMILES string of the molecule is CC(O)CCN(C)C(=O)C(=O)Nc1cccc(-c2cccs2)c1. The number of nitrogens with one attached hydrogen (secondary N) is 1. The molecule has 0 saturated heterocycles. The Kier molecular flexibility index (Phi) is 5.90. The number of benzene rings is 1. The number of nitrogens with zero attached hydrogens (tertiary/aromatic N) is 1. The van der Waals surface area contributed by atoms with Gasteiger partial charge in [0.2, 0.25) is 0 Å². The second-order valence-corrected chi connectivity index (χ2v) is 6.32. The molecule has 122 valence electrons. The van der Waals surface area contributed by atoms with Crippen LogP contribution in [0.25, 0.3) is 10.4 Å². The third-order valence-corrected chi connectivity index (χ3v) is 4.27. The van der Waals surface area contributed by atoms with Gasteiger partial charge in [-0.1, -0.05) is 18.2 Å². The van der Waals surface area contributed by atoms with Crippen LogP contribution in [-0.4, -0.2) is 41.5 Å². The van der Waals surface area contributed by atoms with E-state index in [9.17, 15) is 14.7 Å². The Balaban J connectivity index is 2.00. The van der Waals surface area contributed by atoms with Crippen LogP contribution in [-0.2, 0) is 9.59 Å². The number of carbonyl (C=O) groups excluding carboxylic acids is 2. The highest BCUT2D eigenvalue weighted by atomic mass is 32.1. The van der Waals surface area contributed by atoms with Crippen LogP contribution in [0, 0.1) is 0 Å². The number of rotatable bonds is 5. The number of anilines is 1. The van der Waals surface area contributed by atoms with Crippen LogP contribution >= 0.6 is 11.3 Å². The molecule has 23 heavy (non-hydrogen) atoms. The Hall–Kier alpha value is -2.18. The van der Waals surface area contributed by atoms with Crippen molar-refractivity contribution < 1.29 is 14.7 Å². The van der Waals surface area contributed by atoms with Crippen molar-refractivity contribution in [1.29, 1.82) is 0 Å². The van der Waals surface area contributed by atoms with Gasteiger partial charge in [-0.25, -0.2) is 0 Å². The van der Waals surface area contributed by atoms with Gasteiger partial charge in [-0.15, -0.1) is 11.3 Å². The Labute approximate surface area is 139 Å². The van der Waals surface area contributed by atoms with Crippen LogP contribution in [0.2, 0.25) is 0 Å². The van der Waals surface area contributed by atoms with Crippen LogP contribution in [0.1, 0.15) is 13.3 Å². The number of aliphatic hydroxyl groups excluding tert-OH is 1. The summed E-state index contributed by atoms with van der Waals surface area (Å²) in [6, 6.07) is 11.3. The van der Waals surface area contributed by atoms with E-state index in [0.717, 1.165) is 10.4 Å². The minimum Gasteiger partial charge on any atom is -0.393 e. The van der Waals surface area contributed by atoms with Gasteiger partial charge in [-0.2, -0.15) is 0 Å². The predicted molar refractivity (Wildman–Crippen MR) is 92.3 cm³/mol. The first-order valence-electron chi connectivity index (χ1n) is 7.36. The summed E-state index contributed by atoms with van der Waals surface area (Å²) in [5.74, 6) is -1.30. The van der Waals surface area contributed by atoms with Crippen LogP contribution < -0.4 is 5.32 Å². The maximum atomic E-state index is 12.0. The number of likely N-dealkylation sites (N-methyl/N-ethyl adjacent to an activating group) is 1. The maximum absolute atomic E-state index is 12.0. The number of hydrogen-bond acceptors (Lipinski definition) is 4. The molecule has 6 heteroatoms. The summed E-state index contributed by atoms with van der Waals surface area (Å²) in [6.45, 7) is 1.98. The lowest BCUT2D eigenvalue weighted by atomic mass is 10.1.